The first-order valence-corrected chi connectivity index (χ1v) is 7.51. The number of hydrogen-bond acceptors (Lipinski definition) is 5. The van der Waals surface area contributed by atoms with E-state index >= 15 is 0 Å². The van der Waals surface area contributed by atoms with Crippen LogP contribution in [0.2, 0.25) is 0 Å². The minimum Gasteiger partial charge on any atom is -0.408 e. The van der Waals surface area contributed by atoms with Gasteiger partial charge in [0.1, 0.15) is 12.2 Å². The number of hydrogen-bond donors (Lipinski definition) is 1. The number of nitrogens with zero attached hydrogens (tertiary/aromatic N) is 2. The van der Waals surface area contributed by atoms with Crippen LogP contribution in [0.15, 0.2) is 45.6 Å². The van der Waals surface area contributed by atoms with E-state index in [1.165, 1.54) is 10.6 Å². The number of aryl methyl sites for hydroxylation is 1. The Morgan fingerprint density at radius 2 is 1.96 bits per heavy atom. The number of nitro groups is 1. The maximum atomic E-state index is 12.4. The van der Waals surface area contributed by atoms with Gasteiger partial charge in [-0.05, 0) is 37.1 Å². The molecule has 0 aliphatic carbocycles. The minimum absolute atomic E-state index is 0.135. The van der Waals surface area contributed by atoms with Crippen LogP contribution in [-0.2, 0) is 11.3 Å². The van der Waals surface area contributed by atoms with Gasteiger partial charge in [-0.25, -0.2) is 4.79 Å². The largest absolute Gasteiger partial charge is 0.420 e. The van der Waals surface area contributed by atoms with Crippen molar-refractivity contribution in [1.29, 1.82) is 0 Å². The highest BCUT2D eigenvalue weighted by Gasteiger charge is 2.20. The molecule has 3 rings (SSSR count). The summed E-state index contributed by atoms with van der Waals surface area (Å²) >= 11 is 0. The van der Waals surface area contributed by atoms with Crippen molar-refractivity contribution in [2.24, 2.45) is 0 Å². The van der Waals surface area contributed by atoms with Crippen LogP contribution < -0.4 is 11.1 Å². The normalized spacial score (nSPS) is 10.8. The molecule has 1 N–H and O–H groups in total. The van der Waals surface area contributed by atoms with Crippen molar-refractivity contribution in [3.63, 3.8) is 0 Å². The summed E-state index contributed by atoms with van der Waals surface area (Å²) in [6.45, 7) is 3.18. The summed E-state index contributed by atoms with van der Waals surface area (Å²) < 4.78 is 6.26. The lowest BCUT2D eigenvalue weighted by Gasteiger charge is -2.11. The van der Waals surface area contributed by atoms with Crippen LogP contribution in [0.3, 0.4) is 0 Å². The molecule has 0 bridgehead atoms. The fraction of sp³-hybridized carbons (Fsp3) is 0.176. The van der Waals surface area contributed by atoms with E-state index in [1.54, 1.807) is 44.2 Å². The molecule has 0 saturated heterocycles. The van der Waals surface area contributed by atoms with Crippen LogP contribution in [0.1, 0.15) is 11.1 Å². The topological polar surface area (TPSA) is 107 Å². The molecule has 0 saturated carbocycles. The Hall–Kier alpha value is -3.42. The Morgan fingerprint density at radius 3 is 2.68 bits per heavy atom. The number of para-hydroxylation sites is 2. The molecule has 0 aliphatic rings. The molecule has 1 aromatic heterocycles. The Morgan fingerprint density at radius 1 is 1.24 bits per heavy atom. The van der Waals surface area contributed by atoms with Gasteiger partial charge in [0.05, 0.1) is 10.4 Å². The van der Waals surface area contributed by atoms with Crippen molar-refractivity contribution in [3.05, 3.63) is 68.2 Å². The molecule has 128 valence electrons. The van der Waals surface area contributed by atoms with E-state index in [0.717, 1.165) is 5.56 Å². The Balaban J connectivity index is 1.93. The van der Waals surface area contributed by atoms with Crippen LogP contribution in [0.4, 0.5) is 11.4 Å². The number of amides is 1. The second-order valence-corrected chi connectivity index (χ2v) is 5.63. The fourth-order valence-electron chi connectivity index (χ4n) is 2.60. The molecule has 0 radical (unpaired) electrons. The molecule has 1 amide bonds. The summed E-state index contributed by atoms with van der Waals surface area (Å²) in [5.41, 5.74) is 2.21. The quantitative estimate of drug-likeness (QED) is 0.580. The lowest BCUT2D eigenvalue weighted by molar-refractivity contribution is -0.384. The monoisotopic (exact) mass is 341 g/mol. The zero-order valence-corrected chi connectivity index (χ0v) is 13.6. The fourth-order valence-corrected chi connectivity index (χ4v) is 2.60. The Labute approximate surface area is 141 Å². The highest BCUT2D eigenvalue weighted by molar-refractivity contribution is 5.94. The smallest absolute Gasteiger partial charge is 0.408 e. The molecule has 0 fully saturated rings. The predicted molar refractivity (Wildman–Crippen MR) is 91.7 cm³/mol. The molecule has 2 aromatic carbocycles. The lowest BCUT2D eigenvalue weighted by Crippen LogP contribution is -2.25. The minimum atomic E-state index is -0.660. The summed E-state index contributed by atoms with van der Waals surface area (Å²) in [5, 5.41) is 13.7. The standard InChI is InChI=1S/C17H15N3O5/c1-10-7-8-13(20(23)24)16(11(10)2)18-15(21)9-19-12-5-3-4-6-14(12)25-17(19)22/h3-8H,9H2,1-2H3,(H,18,21). The van der Waals surface area contributed by atoms with Crippen LogP contribution >= 0.6 is 0 Å². The highest BCUT2D eigenvalue weighted by atomic mass is 16.6. The van der Waals surface area contributed by atoms with Gasteiger partial charge in [0.15, 0.2) is 5.58 Å². The molecule has 8 nitrogen and oxygen atoms in total. The Bertz CT molecular complexity index is 1050. The summed E-state index contributed by atoms with van der Waals surface area (Å²) in [6, 6.07) is 9.69. The second-order valence-electron chi connectivity index (χ2n) is 5.63. The summed E-state index contributed by atoms with van der Waals surface area (Å²) in [5.74, 6) is -1.21. The molecular formula is C17H15N3O5. The van der Waals surface area contributed by atoms with Gasteiger partial charge in [0, 0.05) is 6.07 Å². The molecular weight excluding hydrogens is 326 g/mol. The Kier molecular flexibility index (Phi) is 4.10. The predicted octanol–water partition coefficient (Wildman–Crippen LogP) is 2.76. The van der Waals surface area contributed by atoms with E-state index in [2.05, 4.69) is 5.32 Å². The number of rotatable bonds is 4. The molecule has 3 aromatic rings. The number of carbonyl (C=O) groups is 1. The average molecular weight is 341 g/mol. The molecule has 1 heterocycles. The number of oxazole rings is 1. The zero-order chi connectivity index (χ0) is 18.1. The van der Waals surface area contributed by atoms with Crippen LogP contribution in [0, 0.1) is 24.0 Å². The van der Waals surface area contributed by atoms with E-state index in [4.69, 9.17) is 4.42 Å². The van der Waals surface area contributed by atoms with E-state index in [9.17, 15) is 19.7 Å². The van der Waals surface area contributed by atoms with E-state index in [0.29, 0.717) is 16.7 Å². The van der Waals surface area contributed by atoms with Gasteiger partial charge in [-0.1, -0.05) is 18.2 Å². The zero-order valence-electron chi connectivity index (χ0n) is 13.6. The summed E-state index contributed by atoms with van der Waals surface area (Å²) in [7, 11) is 0. The average Bonchev–Trinajstić information content (AvgIpc) is 2.87. The van der Waals surface area contributed by atoms with Gasteiger partial charge in [0.2, 0.25) is 5.91 Å². The summed E-state index contributed by atoms with van der Waals surface area (Å²) in [4.78, 5) is 35.0. The van der Waals surface area contributed by atoms with Crippen molar-refractivity contribution >= 4 is 28.4 Å². The number of nitrogens with one attached hydrogen (secondary N) is 1. The molecule has 0 atom stereocenters. The molecule has 0 unspecified atom stereocenters. The van der Waals surface area contributed by atoms with E-state index < -0.39 is 16.6 Å². The van der Waals surface area contributed by atoms with Gasteiger partial charge in [-0.2, -0.15) is 0 Å². The number of aromatic nitrogens is 1. The first-order valence-electron chi connectivity index (χ1n) is 7.51. The SMILES string of the molecule is Cc1ccc([N+](=O)[O-])c(NC(=O)Cn2c(=O)oc3ccccc32)c1C. The maximum Gasteiger partial charge on any atom is 0.420 e. The molecule has 0 spiro atoms. The van der Waals surface area contributed by atoms with E-state index in [1.807, 2.05) is 0 Å². The second kappa shape index (κ2) is 6.23. The number of nitro benzene ring substituents is 1. The first kappa shape index (κ1) is 16.4. The van der Waals surface area contributed by atoms with Gasteiger partial charge in [-0.3, -0.25) is 19.5 Å². The number of carbonyl (C=O) groups excluding carboxylic acids is 1. The lowest BCUT2D eigenvalue weighted by atomic mass is 10.1. The molecule has 8 heteroatoms. The number of fused-ring (bicyclic) bond motifs is 1. The third-order valence-corrected chi connectivity index (χ3v) is 4.05. The third-order valence-electron chi connectivity index (χ3n) is 4.05. The van der Waals surface area contributed by atoms with Crippen LogP contribution in [-0.4, -0.2) is 15.4 Å². The van der Waals surface area contributed by atoms with Crippen molar-refractivity contribution in [2.75, 3.05) is 5.32 Å². The molecule has 25 heavy (non-hydrogen) atoms. The van der Waals surface area contributed by atoms with Gasteiger partial charge in [-0.15, -0.1) is 0 Å². The molecule has 0 aliphatic heterocycles. The van der Waals surface area contributed by atoms with Gasteiger partial charge < -0.3 is 9.73 Å². The number of benzene rings is 2. The van der Waals surface area contributed by atoms with Gasteiger partial charge >= 0.3 is 5.76 Å². The third kappa shape index (κ3) is 3.01. The first-order chi connectivity index (χ1) is 11.9. The van der Waals surface area contributed by atoms with Crippen LogP contribution in [0.25, 0.3) is 11.1 Å². The van der Waals surface area contributed by atoms with Crippen molar-refractivity contribution in [3.8, 4) is 0 Å². The van der Waals surface area contributed by atoms with Crippen molar-refractivity contribution in [2.45, 2.75) is 20.4 Å². The van der Waals surface area contributed by atoms with Crippen molar-refractivity contribution in [1.82, 2.24) is 4.57 Å². The summed E-state index contributed by atoms with van der Waals surface area (Å²) in [6.07, 6.45) is 0. The maximum absolute atomic E-state index is 12.4. The van der Waals surface area contributed by atoms with Crippen molar-refractivity contribution < 1.29 is 14.1 Å². The number of anilines is 1. The van der Waals surface area contributed by atoms with Crippen LogP contribution in [0.5, 0.6) is 0 Å². The van der Waals surface area contributed by atoms with Gasteiger partial charge in [0.25, 0.3) is 5.69 Å². The highest BCUT2D eigenvalue weighted by Crippen LogP contribution is 2.30. The van der Waals surface area contributed by atoms with E-state index in [-0.39, 0.29) is 17.9 Å².